The van der Waals surface area contributed by atoms with Crippen LogP contribution >= 0.6 is 22.9 Å². The van der Waals surface area contributed by atoms with E-state index in [0.717, 1.165) is 36.4 Å². The number of piperidine rings is 1. The number of likely N-dealkylation sites (tertiary alicyclic amines) is 1. The van der Waals surface area contributed by atoms with Crippen LogP contribution in [0.5, 0.6) is 0 Å². The van der Waals surface area contributed by atoms with Crippen LogP contribution in [-0.4, -0.2) is 54.8 Å². The van der Waals surface area contributed by atoms with Gasteiger partial charge in [0.2, 0.25) is 0 Å². The fourth-order valence-corrected chi connectivity index (χ4v) is 5.02. The monoisotopic (exact) mass is 429 g/mol. The molecule has 5 nitrogen and oxygen atoms in total. The highest BCUT2D eigenvalue weighted by Crippen LogP contribution is 2.39. The maximum absolute atomic E-state index is 13.6. The smallest absolute Gasteiger partial charge is 0.282 e. The summed E-state index contributed by atoms with van der Waals surface area (Å²) in [5.74, 6) is -0.553. The number of benzene rings is 1. The highest BCUT2D eigenvalue weighted by Gasteiger charge is 2.44. The number of anilines is 1. The van der Waals surface area contributed by atoms with Crippen LogP contribution < -0.4 is 4.90 Å². The molecular weight excluding hydrogens is 406 g/mol. The SMILES string of the molecule is Cc1ccc(Cl)cc1N1C(=O)C(c2cccs2)=C(N(C)C2CCN(C)CC2)C1=O. The summed E-state index contributed by atoms with van der Waals surface area (Å²) < 4.78 is 0. The molecule has 0 unspecified atom stereocenters. The molecular formula is C22H24ClN3O2S. The number of carbonyl (C=O) groups excluding carboxylic acids is 2. The lowest BCUT2D eigenvalue weighted by molar-refractivity contribution is -0.120. The summed E-state index contributed by atoms with van der Waals surface area (Å²) in [5.41, 5.74) is 2.37. The number of nitrogens with zero attached hydrogens (tertiary/aromatic N) is 3. The van der Waals surface area contributed by atoms with Crippen molar-refractivity contribution < 1.29 is 9.59 Å². The molecule has 0 N–H and O–H groups in total. The summed E-state index contributed by atoms with van der Waals surface area (Å²) >= 11 is 7.67. The van der Waals surface area contributed by atoms with Gasteiger partial charge in [0.05, 0.1) is 11.3 Å². The second-order valence-corrected chi connectivity index (χ2v) is 9.11. The third kappa shape index (κ3) is 3.61. The molecule has 7 heteroatoms. The van der Waals surface area contributed by atoms with Crippen molar-refractivity contribution in [2.45, 2.75) is 25.8 Å². The number of aryl methyl sites for hydroxylation is 1. The molecule has 4 rings (SSSR count). The molecule has 1 saturated heterocycles. The van der Waals surface area contributed by atoms with Gasteiger partial charge in [0, 0.05) is 23.0 Å². The molecule has 1 aromatic heterocycles. The number of carbonyl (C=O) groups is 2. The van der Waals surface area contributed by atoms with E-state index in [1.54, 1.807) is 12.1 Å². The summed E-state index contributed by atoms with van der Waals surface area (Å²) in [6.45, 7) is 3.85. The molecule has 3 heterocycles. The third-order valence-electron chi connectivity index (χ3n) is 5.83. The predicted octanol–water partition coefficient (Wildman–Crippen LogP) is 4.02. The van der Waals surface area contributed by atoms with Crippen molar-refractivity contribution >= 4 is 46.0 Å². The minimum atomic E-state index is -0.280. The van der Waals surface area contributed by atoms with Gasteiger partial charge in [0.1, 0.15) is 5.70 Å². The molecule has 0 bridgehead atoms. The zero-order valence-corrected chi connectivity index (χ0v) is 18.4. The quantitative estimate of drug-likeness (QED) is 0.688. The fourth-order valence-electron chi connectivity index (χ4n) is 4.10. The molecule has 0 atom stereocenters. The minimum absolute atomic E-state index is 0.230. The van der Waals surface area contributed by atoms with Crippen molar-refractivity contribution in [3.05, 3.63) is 56.9 Å². The summed E-state index contributed by atoms with van der Waals surface area (Å²) in [6, 6.07) is 9.34. The van der Waals surface area contributed by atoms with Crippen LogP contribution in [0.1, 0.15) is 23.3 Å². The lowest BCUT2D eigenvalue weighted by Crippen LogP contribution is -2.43. The van der Waals surface area contributed by atoms with Gasteiger partial charge in [-0.25, -0.2) is 4.90 Å². The molecule has 2 aromatic rings. The van der Waals surface area contributed by atoms with Crippen LogP contribution in [0.15, 0.2) is 41.4 Å². The van der Waals surface area contributed by atoms with Crippen molar-refractivity contribution in [3.63, 3.8) is 0 Å². The summed E-state index contributed by atoms with van der Waals surface area (Å²) in [6.07, 6.45) is 1.93. The Bertz CT molecular complexity index is 978. The Morgan fingerprint density at radius 2 is 1.86 bits per heavy atom. The summed E-state index contributed by atoms with van der Waals surface area (Å²) in [5, 5.41) is 2.43. The molecule has 1 aromatic carbocycles. The van der Waals surface area contributed by atoms with Gasteiger partial charge in [-0.3, -0.25) is 9.59 Å². The summed E-state index contributed by atoms with van der Waals surface area (Å²) in [4.78, 5) is 33.5. The van der Waals surface area contributed by atoms with Crippen molar-refractivity contribution in [1.82, 2.24) is 9.80 Å². The standard InChI is InChI=1S/C22H24ClN3O2S/c1-14-6-7-15(23)13-17(14)26-21(27)19(18-5-4-12-29-18)20(22(26)28)25(3)16-8-10-24(2)11-9-16/h4-7,12-13,16H,8-11H2,1-3H3. The van der Waals surface area contributed by atoms with E-state index in [-0.39, 0.29) is 17.9 Å². The lowest BCUT2D eigenvalue weighted by atomic mass is 10.0. The molecule has 0 spiro atoms. The largest absolute Gasteiger partial charge is 0.366 e. The highest BCUT2D eigenvalue weighted by atomic mass is 35.5. The number of hydrogen-bond acceptors (Lipinski definition) is 5. The molecule has 2 aliphatic heterocycles. The lowest BCUT2D eigenvalue weighted by Gasteiger charge is -2.36. The van der Waals surface area contributed by atoms with Gasteiger partial charge >= 0.3 is 0 Å². The van der Waals surface area contributed by atoms with Crippen molar-refractivity contribution in [2.75, 3.05) is 32.1 Å². The first kappa shape index (κ1) is 20.1. The van der Waals surface area contributed by atoms with Crippen LogP contribution in [0.25, 0.3) is 5.57 Å². The van der Waals surface area contributed by atoms with Gasteiger partial charge in [0.25, 0.3) is 11.8 Å². The zero-order chi connectivity index (χ0) is 20.7. The van der Waals surface area contributed by atoms with Crippen LogP contribution in [0.3, 0.4) is 0 Å². The number of likely N-dealkylation sites (N-methyl/N-ethyl adjacent to an activating group) is 1. The molecule has 152 valence electrons. The molecule has 1 fully saturated rings. The van der Waals surface area contributed by atoms with E-state index >= 15 is 0 Å². The van der Waals surface area contributed by atoms with Gasteiger partial charge in [-0.05, 0) is 69.0 Å². The first-order chi connectivity index (χ1) is 13.9. The molecule has 0 radical (unpaired) electrons. The number of thiophene rings is 1. The fraction of sp³-hybridized carbons (Fsp3) is 0.364. The second-order valence-electron chi connectivity index (χ2n) is 7.72. The van der Waals surface area contributed by atoms with Crippen molar-refractivity contribution in [3.8, 4) is 0 Å². The number of rotatable bonds is 4. The van der Waals surface area contributed by atoms with Crippen molar-refractivity contribution in [1.29, 1.82) is 0 Å². The summed E-state index contributed by atoms with van der Waals surface area (Å²) in [7, 11) is 4.05. The average molecular weight is 430 g/mol. The topological polar surface area (TPSA) is 43.9 Å². The second kappa shape index (κ2) is 7.94. The van der Waals surface area contributed by atoms with Gasteiger partial charge < -0.3 is 9.80 Å². The first-order valence-electron chi connectivity index (χ1n) is 9.73. The Balaban J connectivity index is 1.78. The number of amides is 2. The van der Waals surface area contributed by atoms with E-state index in [2.05, 4.69) is 11.9 Å². The molecule has 2 amide bonds. The molecule has 29 heavy (non-hydrogen) atoms. The van der Waals surface area contributed by atoms with Crippen LogP contribution in [0.4, 0.5) is 5.69 Å². The Morgan fingerprint density at radius 1 is 1.14 bits per heavy atom. The van der Waals surface area contributed by atoms with E-state index in [0.29, 0.717) is 22.0 Å². The zero-order valence-electron chi connectivity index (χ0n) is 16.8. The van der Waals surface area contributed by atoms with E-state index in [9.17, 15) is 9.59 Å². The molecule has 0 saturated carbocycles. The van der Waals surface area contributed by atoms with Gasteiger partial charge in [-0.1, -0.05) is 23.7 Å². The first-order valence-corrected chi connectivity index (χ1v) is 11.0. The van der Waals surface area contributed by atoms with E-state index in [1.165, 1.54) is 16.2 Å². The average Bonchev–Trinajstić information content (AvgIpc) is 3.30. The Morgan fingerprint density at radius 3 is 2.52 bits per heavy atom. The van der Waals surface area contributed by atoms with Crippen molar-refractivity contribution in [2.24, 2.45) is 0 Å². The highest BCUT2D eigenvalue weighted by molar-refractivity contribution is 7.11. The Labute approximate surface area is 180 Å². The predicted molar refractivity (Wildman–Crippen MR) is 118 cm³/mol. The van der Waals surface area contributed by atoms with E-state index in [1.807, 2.05) is 42.5 Å². The maximum Gasteiger partial charge on any atom is 0.282 e. The normalized spacial score (nSPS) is 18.8. The van der Waals surface area contributed by atoms with Crippen LogP contribution in [0.2, 0.25) is 5.02 Å². The number of imide groups is 1. The van der Waals surface area contributed by atoms with Gasteiger partial charge in [-0.2, -0.15) is 0 Å². The minimum Gasteiger partial charge on any atom is -0.366 e. The number of halogens is 1. The van der Waals surface area contributed by atoms with E-state index < -0.39 is 0 Å². The third-order valence-corrected chi connectivity index (χ3v) is 6.95. The Hall–Kier alpha value is -2.15. The molecule has 2 aliphatic rings. The van der Waals surface area contributed by atoms with Gasteiger partial charge in [-0.15, -0.1) is 11.3 Å². The number of hydrogen-bond donors (Lipinski definition) is 0. The Kier molecular flexibility index (Phi) is 5.51. The van der Waals surface area contributed by atoms with E-state index in [4.69, 9.17) is 11.6 Å². The van der Waals surface area contributed by atoms with Gasteiger partial charge in [0.15, 0.2) is 0 Å². The maximum atomic E-state index is 13.6. The molecule has 0 aliphatic carbocycles. The van der Waals surface area contributed by atoms with Crippen LogP contribution in [0, 0.1) is 6.92 Å². The van der Waals surface area contributed by atoms with Crippen LogP contribution in [-0.2, 0) is 9.59 Å².